The van der Waals surface area contributed by atoms with Gasteiger partial charge in [-0.3, -0.25) is 24.0 Å². The van der Waals surface area contributed by atoms with Gasteiger partial charge in [-0.2, -0.15) is 5.10 Å². The van der Waals surface area contributed by atoms with E-state index < -0.39 is 23.7 Å². The number of halogens is 1. The van der Waals surface area contributed by atoms with Gasteiger partial charge in [0.25, 0.3) is 11.8 Å². The van der Waals surface area contributed by atoms with Crippen molar-refractivity contribution in [2.24, 2.45) is 5.92 Å². The smallest absolute Gasteiger partial charge is 0.270 e. The number of ether oxygens (including phenoxy) is 1. The molecule has 3 amide bonds. The lowest BCUT2D eigenvalue weighted by Gasteiger charge is -2.38. The predicted octanol–water partition coefficient (Wildman–Crippen LogP) is 0.858. The topological polar surface area (TPSA) is 152 Å². The van der Waals surface area contributed by atoms with Crippen LogP contribution in [-0.4, -0.2) is 74.5 Å². The molecule has 13 heteroatoms. The zero-order valence-electron chi connectivity index (χ0n) is 21.9. The van der Waals surface area contributed by atoms with Gasteiger partial charge in [-0.05, 0) is 24.6 Å². The van der Waals surface area contributed by atoms with Crippen molar-refractivity contribution in [1.29, 1.82) is 0 Å². The molecule has 0 saturated carbocycles. The van der Waals surface area contributed by atoms with Gasteiger partial charge in [-0.15, -0.1) is 0 Å². The highest BCUT2D eigenvalue weighted by molar-refractivity contribution is 6.00. The molecule has 2 aromatic heterocycles. The van der Waals surface area contributed by atoms with Crippen LogP contribution in [0, 0.1) is 11.7 Å². The Morgan fingerprint density at radius 2 is 1.95 bits per heavy atom. The number of Topliss-reactive ketones (excluding diaryl/α,β-unsaturated/α-hetero) is 2. The number of likely N-dealkylation sites (tertiary alicyclic amines) is 1. The fourth-order valence-corrected chi connectivity index (χ4v) is 4.70. The number of amides is 3. The summed E-state index contributed by atoms with van der Waals surface area (Å²) in [5.41, 5.74) is 0.728. The Balaban J connectivity index is 1.27. The van der Waals surface area contributed by atoms with Gasteiger partial charge in [0.15, 0.2) is 23.0 Å². The molecule has 2 aliphatic heterocycles. The average Bonchev–Trinajstić information content (AvgIpc) is 3.28. The highest BCUT2D eigenvalue weighted by Crippen LogP contribution is 2.24. The van der Waals surface area contributed by atoms with Gasteiger partial charge in [0, 0.05) is 56.9 Å². The molecule has 2 N–H and O–H groups in total. The number of ketones is 2. The third kappa shape index (κ3) is 5.53. The van der Waals surface area contributed by atoms with E-state index in [9.17, 15) is 28.4 Å². The fraction of sp³-hybridized carbons (Fsp3) is 0.370. The minimum atomic E-state index is -0.861. The quantitative estimate of drug-likeness (QED) is 0.419. The summed E-state index contributed by atoms with van der Waals surface area (Å²) in [5.74, 6) is -1.88. The molecular formula is C27H27FN6O6. The maximum atomic E-state index is 14.4. The normalized spacial score (nSPS) is 15.6. The van der Waals surface area contributed by atoms with Crippen molar-refractivity contribution in [3.63, 3.8) is 0 Å². The first-order valence-corrected chi connectivity index (χ1v) is 12.8. The van der Waals surface area contributed by atoms with Crippen LogP contribution in [0.4, 0.5) is 4.39 Å². The summed E-state index contributed by atoms with van der Waals surface area (Å²) in [6.45, 7) is 4.12. The van der Waals surface area contributed by atoms with Crippen LogP contribution in [0.25, 0.3) is 5.65 Å². The van der Waals surface area contributed by atoms with Crippen LogP contribution < -0.4 is 15.4 Å². The molecule has 1 aromatic carbocycles. The highest BCUT2D eigenvalue weighted by atomic mass is 19.1. The first kappa shape index (κ1) is 26.9. The largest absolute Gasteiger partial charge is 0.486 e. The van der Waals surface area contributed by atoms with Crippen molar-refractivity contribution < 1.29 is 33.1 Å². The Labute approximate surface area is 227 Å². The minimum absolute atomic E-state index is 0.0297. The number of fused-ring (bicyclic) bond motifs is 2. The van der Waals surface area contributed by atoms with Gasteiger partial charge in [0.2, 0.25) is 5.91 Å². The number of carbonyl (C=O) groups is 5. The Hall–Kier alpha value is -4.68. The fourth-order valence-electron chi connectivity index (χ4n) is 4.70. The van der Waals surface area contributed by atoms with E-state index in [1.54, 1.807) is 23.1 Å². The number of aromatic nitrogens is 3. The van der Waals surface area contributed by atoms with E-state index in [0.717, 1.165) is 16.3 Å². The molecule has 0 unspecified atom stereocenters. The summed E-state index contributed by atoms with van der Waals surface area (Å²) in [5, 5.41) is 9.13. The molecule has 2 aliphatic rings. The Morgan fingerprint density at radius 1 is 1.18 bits per heavy atom. The molecule has 208 valence electrons. The lowest BCUT2D eigenvalue weighted by molar-refractivity contribution is -0.137. The Kier molecular flexibility index (Phi) is 7.28. The summed E-state index contributed by atoms with van der Waals surface area (Å²) in [6, 6.07) is 5.56. The summed E-state index contributed by atoms with van der Waals surface area (Å²) < 4.78 is 20.8. The van der Waals surface area contributed by atoms with Gasteiger partial charge < -0.3 is 20.3 Å². The molecule has 12 nitrogen and oxygen atoms in total. The van der Waals surface area contributed by atoms with Crippen LogP contribution in [0.1, 0.15) is 52.4 Å². The number of nitrogens with zero attached hydrogens (tertiary/aromatic N) is 4. The van der Waals surface area contributed by atoms with Gasteiger partial charge in [-0.1, -0.05) is 6.07 Å². The van der Waals surface area contributed by atoms with Crippen LogP contribution in [0.15, 0.2) is 30.5 Å². The van der Waals surface area contributed by atoms with Crippen LogP contribution in [0.2, 0.25) is 0 Å². The number of nitrogens with one attached hydrogen (secondary N) is 2. The van der Waals surface area contributed by atoms with Crippen molar-refractivity contribution in [3.05, 3.63) is 58.8 Å². The summed E-state index contributed by atoms with van der Waals surface area (Å²) >= 11 is 0. The molecule has 1 atom stereocenters. The van der Waals surface area contributed by atoms with Crippen molar-refractivity contribution in [2.75, 3.05) is 19.7 Å². The molecule has 4 heterocycles. The third-order valence-corrected chi connectivity index (χ3v) is 6.97. The molecule has 5 rings (SSSR count). The molecule has 0 bridgehead atoms. The van der Waals surface area contributed by atoms with E-state index in [1.807, 2.05) is 0 Å². The van der Waals surface area contributed by atoms with Gasteiger partial charge in [-0.25, -0.2) is 13.9 Å². The monoisotopic (exact) mass is 550 g/mol. The second-order valence-corrected chi connectivity index (χ2v) is 10.0. The maximum Gasteiger partial charge on any atom is 0.270 e. The number of rotatable bonds is 8. The van der Waals surface area contributed by atoms with Crippen LogP contribution in [0.5, 0.6) is 5.75 Å². The highest BCUT2D eigenvalue weighted by Gasteiger charge is 2.32. The van der Waals surface area contributed by atoms with Crippen molar-refractivity contribution in [3.8, 4) is 5.75 Å². The first-order valence-electron chi connectivity index (χ1n) is 12.8. The van der Waals surface area contributed by atoms with E-state index in [-0.39, 0.29) is 66.4 Å². The van der Waals surface area contributed by atoms with Crippen LogP contribution in [0.3, 0.4) is 0 Å². The SMILES string of the molecule is CC(=O)N1CC(CC(=O)[C@H](C)NC(=O)c2cc(C(=O)NCc3ccc4c(c3)CC(=O)CO4)nc3c(F)cnn23)C1. The molecule has 40 heavy (non-hydrogen) atoms. The molecule has 0 aliphatic carbocycles. The number of benzene rings is 1. The number of carbonyl (C=O) groups excluding carboxylic acids is 5. The second-order valence-electron chi connectivity index (χ2n) is 10.0. The van der Waals surface area contributed by atoms with Crippen LogP contribution >= 0.6 is 0 Å². The number of hydrogen-bond acceptors (Lipinski definition) is 8. The van der Waals surface area contributed by atoms with E-state index in [2.05, 4.69) is 20.7 Å². The second kappa shape index (κ2) is 10.8. The molecule has 0 spiro atoms. The van der Waals surface area contributed by atoms with Gasteiger partial charge >= 0.3 is 0 Å². The summed E-state index contributed by atoms with van der Waals surface area (Å²) in [6.07, 6.45) is 1.32. The van der Waals surface area contributed by atoms with E-state index >= 15 is 0 Å². The van der Waals surface area contributed by atoms with E-state index in [0.29, 0.717) is 24.4 Å². The summed E-state index contributed by atoms with van der Waals surface area (Å²) in [4.78, 5) is 67.4. The Morgan fingerprint density at radius 3 is 2.70 bits per heavy atom. The number of hydrogen-bond donors (Lipinski definition) is 2. The Bertz CT molecular complexity index is 1550. The summed E-state index contributed by atoms with van der Waals surface area (Å²) in [7, 11) is 0. The molecule has 3 aromatic rings. The zero-order valence-corrected chi connectivity index (χ0v) is 21.9. The van der Waals surface area contributed by atoms with Gasteiger partial charge in [0.05, 0.1) is 12.2 Å². The molecular weight excluding hydrogens is 523 g/mol. The van der Waals surface area contributed by atoms with E-state index in [4.69, 9.17) is 4.74 Å². The standard InChI is InChI=1S/C27H27FN6O6/c1-14(23(37)6-17-11-33(12-17)15(2)35)31-27(39)22-8-21(32-25-20(28)10-30-34(22)25)26(38)29-9-16-3-4-24-18(5-16)7-19(36)13-40-24/h3-5,8,10,14,17H,6-7,9,11-13H2,1-2H3,(H,29,38)(H,31,39)/t14-/m0/s1. The van der Waals surface area contributed by atoms with Crippen molar-refractivity contribution >= 4 is 34.9 Å². The minimum Gasteiger partial charge on any atom is -0.486 e. The predicted molar refractivity (Wildman–Crippen MR) is 137 cm³/mol. The maximum absolute atomic E-state index is 14.4. The van der Waals surface area contributed by atoms with Crippen LogP contribution in [-0.2, 0) is 27.3 Å². The van der Waals surface area contributed by atoms with Crippen molar-refractivity contribution in [2.45, 2.75) is 39.3 Å². The molecule has 1 saturated heterocycles. The zero-order chi connectivity index (χ0) is 28.6. The third-order valence-electron chi connectivity index (χ3n) is 6.97. The average molecular weight is 551 g/mol. The van der Waals surface area contributed by atoms with Gasteiger partial charge in [0.1, 0.15) is 23.7 Å². The first-order chi connectivity index (χ1) is 19.1. The van der Waals surface area contributed by atoms with Crippen molar-refractivity contribution in [1.82, 2.24) is 30.1 Å². The van der Waals surface area contributed by atoms with E-state index in [1.165, 1.54) is 19.9 Å². The molecule has 1 fully saturated rings. The molecule has 0 radical (unpaired) electrons. The lowest BCUT2D eigenvalue weighted by atomic mass is 9.92. The lowest BCUT2D eigenvalue weighted by Crippen LogP contribution is -2.51.